The molecule has 82 valence electrons. The van der Waals surface area contributed by atoms with E-state index in [0.29, 0.717) is 6.04 Å². The molecule has 1 aliphatic carbocycles. The van der Waals surface area contributed by atoms with Crippen LogP contribution in [0.1, 0.15) is 42.9 Å². The van der Waals surface area contributed by atoms with Crippen LogP contribution in [-0.2, 0) is 19.3 Å². The van der Waals surface area contributed by atoms with Gasteiger partial charge in [-0.25, -0.2) is 0 Å². The minimum Gasteiger partial charge on any atom is -0.327 e. The lowest BCUT2D eigenvalue weighted by molar-refractivity contribution is 0.642. The monoisotopic (exact) mass is 203 g/mol. The number of hydrogen-bond acceptors (Lipinski definition) is 1. The molecule has 1 atom stereocenters. The minimum atomic E-state index is 0.326. The lowest BCUT2D eigenvalue weighted by Gasteiger charge is -2.17. The Labute approximate surface area is 92.7 Å². The highest BCUT2D eigenvalue weighted by Gasteiger charge is 2.10. The molecule has 0 aliphatic heterocycles. The Kier molecular flexibility index (Phi) is 3.42. The van der Waals surface area contributed by atoms with Crippen LogP contribution in [0.5, 0.6) is 0 Å². The van der Waals surface area contributed by atoms with Crippen LogP contribution in [0.2, 0.25) is 0 Å². The Morgan fingerprint density at radius 2 is 1.93 bits per heavy atom. The molecule has 2 N–H and O–H groups in total. The van der Waals surface area contributed by atoms with E-state index in [4.69, 9.17) is 5.73 Å². The van der Waals surface area contributed by atoms with E-state index in [9.17, 15) is 0 Å². The smallest absolute Gasteiger partial charge is 0.00766 e. The first-order valence-electron chi connectivity index (χ1n) is 6.16. The maximum atomic E-state index is 5.98. The summed E-state index contributed by atoms with van der Waals surface area (Å²) < 4.78 is 0. The molecule has 0 fully saturated rings. The molecular formula is C14H21N. The summed E-state index contributed by atoms with van der Waals surface area (Å²) in [5.41, 5.74) is 10.5. The zero-order valence-corrected chi connectivity index (χ0v) is 9.63. The summed E-state index contributed by atoms with van der Waals surface area (Å²) in [5.74, 6) is 0. The number of aryl methyl sites for hydroxylation is 2. The highest BCUT2D eigenvalue weighted by atomic mass is 14.6. The number of benzene rings is 1. The second kappa shape index (κ2) is 4.80. The second-order valence-electron chi connectivity index (χ2n) is 4.68. The SMILES string of the molecule is CCC(N)Cc1ccc2c(c1)CCCC2. The van der Waals surface area contributed by atoms with Crippen LogP contribution < -0.4 is 5.73 Å². The van der Waals surface area contributed by atoms with Crippen molar-refractivity contribution in [2.45, 2.75) is 51.5 Å². The Morgan fingerprint density at radius 3 is 2.67 bits per heavy atom. The van der Waals surface area contributed by atoms with Gasteiger partial charge in [-0.1, -0.05) is 25.1 Å². The topological polar surface area (TPSA) is 26.0 Å². The quantitative estimate of drug-likeness (QED) is 0.803. The van der Waals surface area contributed by atoms with Crippen LogP contribution in [-0.4, -0.2) is 6.04 Å². The van der Waals surface area contributed by atoms with Crippen molar-refractivity contribution in [3.05, 3.63) is 34.9 Å². The van der Waals surface area contributed by atoms with Gasteiger partial charge in [0.15, 0.2) is 0 Å². The van der Waals surface area contributed by atoms with Crippen molar-refractivity contribution in [2.75, 3.05) is 0 Å². The largest absolute Gasteiger partial charge is 0.327 e. The molecule has 1 nitrogen and oxygen atoms in total. The van der Waals surface area contributed by atoms with Gasteiger partial charge in [0.05, 0.1) is 0 Å². The molecule has 0 amide bonds. The Hall–Kier alpha value is -0.820. The van der Waals surface area contributed by atoms with Gasteiger partial charge in [0, 0.05) is 6.04 Å². The van der Waals surface area contributed by atoms with Gasteiger partial charge in [-0.3, -0.25) is 0 Å². The molecule has 1 aromatic carbocycles. The summed E-state index contributed by atoms with van der Waals surface area (Å²) in [4.78, 5) is 0. The van der Waals surface area contributed by atoms with E-state index in [1.807, 2.05) is 0 Å². The van der Waals surface area contributed by atoms with Crippen LogP contribution in [0, 0.1) is 0 Å². The molecule has 1 unspecified atom stereocenters. The fourth-order valence-electron chi connectivity index (χ4n) is 2.36. The highest BCUT2D eigenvalue weighted by Crippen LogP contribution is 2.22. The van der Waals surface area contributed by atoms with Gasteiger partial charge in [-0.2, -0.15) is 0 Å². The first kappa shape index (κ1) is 10.7. The lowest BCUT2D eigenvalue weighted by Crippen LogP contribution is -2.21. The molecule has 1 heteroatoms. The summed E-state index contributed by atoms with van der Waals surface area (Å²) in [6, 6.07) is 7.28. The van der Waals surface area contributed by atoms with Gasteiger partial charge in [0.25, 0.3) is 0 Å². The third kappa shape index (κ3) is 2.60. The molecular weight excluding hydrogens is 182 g/mol. The van der Waals surface area contributed by atoms with Gasteiger partial charge < -0.3 is 5.73 Å². The lowest BCUT2D eigenvalue weighted by atomic mass is 9.89. The number of fused-ring (bicyclic) bond motifs is 1. The summed E-state index contributed by atoms with van der Waals surface area (Å²) in [6.07, 6.45) is 7.36. The van der Waals surface area contributed by atoms with Crippen LogP contribution >= 0.6 is 0 Å². The molecule has 0 saturated carbocycles. The zero-order valence-electron chi connectivity index (χ0n) is 9.63. The summed E-state index contributed by atoms with van der Waals surface area (Å²) in [7, 11) is 0. The molecule has 0 heterocycles. The van der Waals surface area contributed by atoms with Crippen LogP contribution in [0.15, 0.2) is 18.2 Å². The molecule has 0 spiro atoms. The van der Waals surface area contributed by atoms with E-state index in [1.54, 1.807) is 11.1 Å². The van der Waals surface area contributed by atoms with E-state index >= 15 is 0 Å². The maximum absolute atomic E-state index is 5.98. The molecule has 2 rings (SSSR count). The van der Waals surface area contributed by atoms with E-state index in [0.717, 1.165) is 12.8 Å². The molecule has 0 aromatic heterocycles. The summed E-state index contributed by atoms with van der Waals surface area (Å²) in [6.45, 7) is 2.16. The molecule has 0 saturated heterocycles. The summed E-state index contributed by atoms with van der Waals surface area (Å²) >= 11 is 0. The highest BCUT2D eigenvalue weighted by molar-refractivity contribution is 5.34. The van der Waals surface area contributed by atoms with Gasteiger partial charge in [0.1, 0.15) is 0 Å². The van der Waals surface area contributed by atoms with Gasteiger partial charge in [-0.05, 0) is 55.2 Å². The van der Waals surface area contributed by atoms with E-state index in [1.165, 1.54) is 31.2 Å². The average Bonchev–Trinajstić information content (AvgIpc) is 2.29. The van der Waals surface area contributed by atoms with Crippen molar-refractivity contribution in [3.8, 4) is 0 Å². The van der Waals surface area contributed by atoms with Crippen molar-refractivity contribution < 1.29 is 0 Å². The molecule has 1 aromatic rings. The Bertz CT molecular complexity index is 330. The predicted molar refractivity (Wildman–Crippen MR) is 65.1 cm³/mol. The molecule has 0 bridgehead atoms. The third-order valence-corrected chi connectivity index (χ3v) is 3.44. The van der Waals surface area contributed by atoms with E-state index < -0.39 is 0 Å². The Morgan fingerprint density at radius 1 is 1.20 bits per heavy atom. The van der Waals surface area contributed by atoms with Crippen LogP contribution in [0.3, 0.4) is 0 Å². The average molecular weight is 203 g/mol. The maximum Gasteiger partial charge on any atom is 0.00766 e. The zero-order chi connectivity index (χ0) is 10.7. The third-order valence-electron chi connectivity index (χ3n) is 3.44. The van der Waals surface area contributed by atoms with E-state index in [2.05, 4.69) is 25.1 Å². The first-order valence-corrected chi connectivity index (χ1v) is 6.16. The van der Waals surface area contributed by atoms with Crippen molar-refractivity contribution in [2.24, 2.45) is 5.73 Å². The standard InChI is InChI=1S/C14H21N/c1-2-14(15)10-11-7-8-12-5-3-4-6-13(12)9-11/h7-9,14H,2-6,10,15H2,1H3. The summed E-state index contributed by atoms with van der Waals surface area (Å²) in [5, 5.41) is 0. The van der Waals surface area contributed by atoms with Gasteiger partial charge >= 0.3 is 0 Å². The predicted octanol–water partition coefficient (Wildman–Crippen LogP) is 2.85. The fraction of sp³-hybridized carbons (Fsp3) is 0.571. The first-order chi connectivity index (χ1) is 7.29. The number of hydrogen-bond donors (Lipinski definition) is 1. The van der Waals surface area contributed by atoms with Gasteiger partial charge in [-0.15, -0.1) is 0 Å². The normalized spacial score (nSPS) is 17.2. The number of rotatable bonds is 3. The van der Waals surface area contributed by atoms with Crippen molar-refractivity contribution in [1.82, 2.24) is 0 Å². The van der Waals surface area contributed by atoms with Crippen LogP contribution in [0.4, 0.5) is 0 Å². The van der Waals surface area contributed by atoms with Crippen molar-refractivity contribution >= 4 is 0 Å². The second-order valence-corrected chi connectivity index (χ2v) is 4.68. The minimum absolute atomic E-state index is 0.326. The van der Waals surface area contributed by atoms with Gasteiger partial charge in [0.2, 0.25) is 0 Å². The van der Waals surface area contributed by atoms with E-state index in [-0.39, 0.29) is 0 Å². The number of nitrogens with two attached hydrogens (primary N) is 1. The van der Waals surface area contributed by atoms with Crippen molar-refractivity contribution in [3.63, 3.8) is 0 Å². The molecule has 0 radical (unpaired) electrons. The molecule has 1 aliphatic rings. The molecule has 15 heavy (non-hydrogen) atoms. The fourth-order valence-corrected chi connectivity index (χ4v) is 2.36. The van der Waals surface area contributed by atoms with Crippen molar-refractivity contribution in [1.29, 1.82) is 0 Å². The Balaban J connectivity index is 2.13. The van der Waals surface area contributed by atoms with Crippen LogP contribution in [0.25, 0.3) is 0 Å².